The summed E-state index contributed by atoms with van der Waals surface area (Å²) in [6.07, 6.45) is 0. The van der Waals surface area contributed by atoms with Crippen molar-refractivity contribution in [2.45, 2.75) is 6.92 Å². The molecule has 15 heavy (non-hydrogen) atoms. The van der Waals surface area contributed by atoms with Crippen LogP contribution in [0.5, 0.6) is 5.75 Å². The molecule has 0 aromatic heterocycles. The second-order valence-electron chi connectivity index (χ2n) is 3.26. The van der Waals surface area contributed by atoms with Gasteiger partial charge in [0.05, 0.1) is 0 Å². The number of ether oxygens (including phenoxy) is 2. The summed E-state index contributed by atoms with van der Waals surface area (Å²) in [5.41, 5.74) is 0. The van der Waals surface area contributed by atoms with Crippen LogP contribution >= 0.6 is 0 Å². The van der Waals surface area contributed by atoms with E-state index in [2.05, 4.69) is 18.2 Å². The topological polar surface area (TPSA) is 18.5 Å². The molecular formula is C13H14O2. The average molecular weight is 202 g/mol. The van der Waals surface area contributed by atoms with Crippen molar-refractivity contribution in [2.75, 3.05) is 13.4 Å². The molecule has 0 aliphatic carbocycles. The highest BCUT2D eigenvalue weighted by Crippen LogP contribution is 2.20. The molecule has 0 atom stereocenters. The monoisotopic (exact) mass is 202 g/mol. The fraction of sp³-hybridized carbons (Fsp3) is 0.231. The average Bonchev–Trinajstić information content (AvgIpc) is 2.29. The van der Waals surface area contributed by atoms with Crippen molar-refractivity contribution >= 4 is 10.8 Å². The quantitative estimate of drug-likeness (QED) is 0.560. The summed E-state index contributed by atoms with van der Waals surface area (Å²) in [5, 5.41) is 2.41. The van der Waals surface area contributed by atoms with Gasteiger partial charge in [-0.15, -0.1) is 0 Å². The number of rotatable bonds is 4. The van der Waals surface area contributed by atoms with Crippen LogP contribution in [0.4, 0.5) is 0 Å². The van der Waals surface area contributed by atoms with Crippen LogP contribution in [-0.2, 0) is 4.74 Å². The molecule has 78 valence electrons. The lowest BCUT2D eigenvalue weighted by Crippen LogP contribution is -2.01. The Balaban J connectivity index is 2.16. The third-order valence-electron chi connectivity index (χ3n) is 2.23. The number of benzene rings is 2. The van der Waals surface area contributed by atoms with E-state index in [1.165, 1.54) is 10.8 Å². The van der Waals surface area contributed by atoms with Gasteiger partial charge in [0, 0.05) is 6.61 Å². The Kier molecular flexibility index (Phi) is 3.20. The second kappa shape index (κ2) is 4.80. The summed E-state index contributed by atoms with van der Waals surface area (Å²) in [6.45, 7) is 2.94. The standard InChI is InChI=1S/C13H14O2/c1-2-14-10-15-13-8-7-11-5-3-4-6-12(11)9-13/h3-9H,2,10H2,1H3. The zero-order chi connectivity index (χ0) is 10.5. The zero-order valence-corrected chi connectivity index (χ0v) is 8.77. The minimum atomic E-state index is 0.314. The van der Waals surface area contributed by atoms with Crippen molar-refractivity contribution in [3.63, 3.8) is 0 Å². The molecule has 2 nitrogen and oxygen atoms in total. The maximum absolute atomic E-state index is 5.43. The molecule has 0 spiro atoms. The molecule has 0 unspecified atom stereocenters. The van der Waals surface area contributed by atoms with Crippen LogP contribution in [0.1, 0.15) is 6.92 Å². The molecular weight excluding hydrogens is 188 g/mol. The van der Waals surface area contributed by atoms with E-state index in [9.17, 15) is 0 Å². The van der Waals surface area contributed by atoms with E-state index >= 15 is 0 Å². The molecule has 0 bridgehead atoms. The lowest BCUT2D eigenvalue weighted by atomic mass is 10.1. The molecule has 0 aliphatic rings. The Hall–Kier alpha value is -1.54. The van der Waals surface area contributed by atoms with Gasteiger partial charge in [-0.25, -0.2) is 0 Å². The van der Waals surface area contributed by atoms with Gasteiger partial charge < -0.3 is 9.47 Å². The Labute approximate surface area is 89.4 Å². The van der Waals surface area contributed by atoms with E-state index in [4.69, 9.17) is 9.47 Å². The van der Waals surface area contributed by atoms with E-state index in [-0.39, 0.29) is 0 Å². The highest BCUT2D eigenvalue weighted by molar-refractivity contribution is 5.83. The lowest BCUT2D eigenvalue weighted by molar-refractivity contribution is 0.0225. The van der Waals surface area contributed by atoms with Crippen molar-refractivity contribution in [3.05, 3.63) is 42.5 Å². The van der Waals surface area contributed by atoms with Crippen LogP contribution in [0, 0.1) is 0 Å². The summed E-state index contributed by atoms with van der Waals surface area (Å²) in [5.74, 6) is 0.849. The van der Waals surface area contributed by atoms with E-state index in [1.54, 1.807) is 0 Å². The largest absolute Gasteiger partial charge is 0.468 e. The zero-order valence-electron chi connectivity index (χ0n) is 8.77. The molecule has 0 radical (unpaired) electrons. The van der Waals surface area contributed by atoms with Crippen LogP contribution in [0.25, 0.3) is 10.8 Å². The molecule has 0 heterocycles. The first-order valence-electron chi connectivity index (χ1n) is 5.09. The SMILES string of the molecule is CCOCOc1ccc2ccccc2c1. The van der Waals surface area contributed by atoms with Crippen molar-refractivity contribution < 1.29 is 9.47 Å². The Bertz CT molecular complexity index is 437. The van der Waals surface area contributed by atoms with Crippen LogP contribution in [0.3, 0.4) is 0 Å². The third kappa shape index (κ3) is 2.48. The summed E-state index contributed by atoms with van der Waals surface area (Å²) in [4.78, 5) is 0. The van der Waals surface area contributed by atoms with Gasteiger partial charge in [-0.3, -0.25) is 0 Å². The summed E-state index contributed by atoms with van der Waals surface area (Å²) < 4.78 is 10.6. The molecule has 0 saturated carbocycles. The van der Waals surface area contributed by atoms with E-state index in [0.29, 0.717) is 13.4 Å². The molecule has 0 amide bonds. The van der Waals surface area contributed by atoms with Crippen molar-refractivity contribution in [1.82, 2.24) is 0 Å². The van der Waals surface area contributed by atoms with E-state index in [1.807, 2.05) is 31.2 Å². The van der Waals surface area contributed by atoms with Crippen LogP contribution in [0.15, 0.2) is 42.5 Å². The van der Waals surface area contributed by atoms with Gasteiger partial charge in [0.2, 0.25) is 0 Å². The maximum atomic E-state index is 5.43. The summed E-state index contributed by atoms with van der Waals surface area (Å²) in [6, 6.07) is 14.2. The number of fused-ring (bicyclic) bond motifs is 1. The first-order chi connectivity index (χ1) is 7.40. The van der Waals surface area contributed by atoms with E-state index in [0.717, 1.165) is 5.75 Å². The van der Waals surface area contributed by atoms with Gasteiger partial charge in [-0.1, -0.05) is 30.3 Å². The van der Waals surface area contributed by atoms with Crippen LogP contribution in [-0.4, -0.2) is 13.4 Å². The van der Waals surface area contributed by atoms with Gasteiger partial charge in [-0.2, -0.15) is 0 Å². The smallest absolute Gasteiger partial charge is 0.189 e. The van der Waals surface area contributed by atoms with Gasteiger partial charge in [0.25, 0.3) is 0 Å². The Morgan fingerprint density at radius 3 is 2.60 bits per heavy atom. The van der Waals surface area contributed by atoms with Crippen molar-refractivity contribution in [3.8, 4) is 5.75 Å². The summed E-state index contributed by atoms with van der Waals surface area (Å²) >= 11 is 0. The first kappa shape index (κ1) is 9.99. The normalized spacial score (nSPS) is 10.5. The molecule has 2 heteroatoms. The fourth-order valence-electron chi connectivity index (χ4n) is 1.45. The highest BCUT2D eigenvalue weighted by atomic mass is 16.7. The number of hydrogen-bond acceptors (Lipinski definition) is 2. The van der Waals surface area contributed by atoms with Gasteiger partial charge in [0.15, 0.2) is 6.79 Å². The van der Waals surface area contributed by atoms with E-state index < -0.39 is 0 Å². The predicted molar refractivity (Wildman–Crippen MR) is 61.1 cm³/mol. The lowest BCUT2D eigenvalue weighted by Gasteiger charge is -2.06. The predicted octanol–water partition coefficient (Wildman–Crippen LogP) is 3.21. The molecule has 0 saturated heterocycles. The molecule has 0 N–H and O–H groups in total. The maximum Gasteiger partial charge on any atom is 0.189 e. The fourth-order valence-corrected chi connectivity index (χ4v) is 1.45. The molecule has 2 aromatic carbocycles. The van der Waals surface area contributed by atoms with Gasteiger partial charge in [-0.05, 0) is 29.8 Å². The van der Waals surface area contributed by atoms with Crippen LogP contribution in [0.2, 0.25) is 0 Å². The molecule has 0 fully saturated rings. The minimum absolute atomic E-state index is 0.314. The van der Waals surface area contributed by atoms with Crippen molar-refractivity contribution in [2.24, 2.45) is 0 Å². The Morgan fingerprint density at radius 1 is 1.00 bits per heavy atom. The van der Waals surface area contributed by atoms with Gasteiger partial charge in [0.1, 0.15) is 5.75 Å². The first-order valence-corrected chi connectivity index (χ1v) is 5.09. The molecule has 0 aliphatic heterocycles. The molecule has 2 rings (SSSR count). The highest BCUT2D eigenvalue weighted by Gasteiger charge is 1.96. The van der Waals surface area contributed by atoms with Crippen molar-refractivity contribution in [1.29, 1.82) is 0 Å². The molecule has 2 aromatic rings. The summed E-state index contributed by atoms with van der Waals surface area (Å²) in [7, 11) is 0. The van der Waals surface area contributed by atoms with Gasteiger partial charge >= 0.3 is 0 Å². The number of hydrogen-bond donors (Lipinski definition) is 0. The second-order valence-corrected chi connectivity index (χ2v) is 3.26. The minimum Gasteiger partial charge on any atom is -0.468 e. The Morgan fingerprint density at radius 2 is 1.80 bits per heavy atom. The van der Waals surface area contributed by atoms with Crippen LogP contribution < -0.4 is 4.74 Å². The third-order valence-corrected chi connectivity index (χ3v) is 2.23.